The lowest BCUT2D eigenvalue weighted by Crippen LogP contribution is -2.46. The monoisotopic (exact) mass is 812 g/mol. The van der Waals surface area contributed by atoms with Gasteiger partial charge in [0.05, 0.1) is 38.9 Å². The molecule has 0 fully saturated rings. The van der Waals surface area contributed by atoms with Gasteiger partial charge in [-0.05, 0) is 98.8 Å². The Morgan fingerprint density at radius 2 is 1.11 bits per heavy atom. The summed E-state index contributed by atoms with van der Waals surface area (Å²) in [6, 6.07) is 14.6. The van der Waals surface area contributed by atoms with Gasteiger partial charge >= 0.3 is 0 Å². The van der Waals surface area contributed by atoms with Crippen LogP contribution >= 0.6 is 0 Å². The van der Waals surface area contributed by atoms with Gasteiger partial charge in [0.1, 0.15) is 23.3 Å². The number of ketones is 1. The number of sulfonamides is 2. The Kier molecular flexibility index (Phi) is 12.4. The van der Waals surface area contributed by atoms with Crippen molar-refractivity contribution in [3.63, 3.8) is 0 Å². The molecule has 0 spiro atoms. The quantitative estimate of drug-likeness (QED) is 0.139. The Morgan fingerprint density at radius 3 is 1.59 bits per heavy atom. The molecule has 0 saturated carbocycles. The van der Waals surface area contributed by atoms with Crippen LogP contribution in [0.4, 0.5) is 34.9 Å². The van der Waals surface area contributed by atoms with Crippen LogP contribution in [0.2, 0.25) is 0 Å². The summed E-state index contributed by atoms with van der Waals surface area (Å²) in [6.45, 7) is 3.26. The van der Waals surface area contributed by atoms with Gasteiger partial charge in [0.2, 0.25) is 5.95 Å². The number of hydrogen-bond acceptors (Lipinski definition) is 9. The van der Waals surface area contributed by atoms with Crippen LogP contribution in [0.3, 0.4) is 0 Å². The van der Waals surface area contributed by atoms with E-state index in [0.29, 0.717) is 16.8 Å². The molecule has 11 nitrogen and oxygen atoms in total. The molecule has 7 rings (SSSR count). The lowest BCUT2D eigenvalue weighted by molar-refractivity contribution is 0.102. The number of nitrogens with zero attached hydrogens (tertiary/aromatic N) is 5. The number of benzene rings is 4. The number of carbonyl (C=O) groups excluding carboxylic acids is 1. The normalized spacial score (nSPS) is 16.6. The third-order valence-corrected chi connectivity index (χ3v) is 12.5. The summed E-state index contributed by atoms with van der Waals surface area (Å²) < 4.78 is 109. The molecule has 4 aromatic carbocycles. The summed E-state index contributed by atoms with van der Waals surface area (Å²) in [5, 5.41) is 0. The van der Waals surface area contributed by atoms with Crippen molar-refractivity contribution >= 4 is 43.2 Å². The number of nitrogens with two attached hydrogens (primary N) is 1. The molecule has 2 atom stereocenters. The maximum absolute atomic E-state index is 13.9. The van der Waals surface area contributed by atoms with E-state index in [1.165, 1.54) is 48.8 Å². The fraction of sp³-hybridized carbons (Fsp3) is 0.205. The minimum atomic E-state index is -4.11. The van der Waals surface area contributed by atoms with Gasteiger partial charge in [-0.15, -0.1) is 0 Å². The first-order valence-corrected chi connectivity index (χ1v) is 19.0. The number of carbonyl (C=O) groups is 1. The second-order valence-electron chi connectivity index (χ2n) is 12.6. The van der Waals surface area contributed by atoms with Crippen LogP contribution in [0.25, 0.3) is 11.3 Å². The molecule has 56 heavy (non-hydrogen) atoms. The Hall–Kier alpha value is -5.81. The summed E-state index contributed by atoms with van der Waals surface area (Å²) >= 11 is 0. The standard InChI is InChI=1S/C19H18F2N2O3S.C18H14F2N4O2S.2CH4/c1-12-17(11-22(2)3)19(24)16-10-14(21)6-9-18(16)23(12)27(25,26)15-7-4-13(20)5-8-15;1-10-15-9-22-18(21)23-17(15)14-8-12(20)4-7-16(14)24(10)27(25,26)13-5-2-11(19)3-6-13;;/h4-12H,1-3H3;2-10H,1H3,(H2,21,22,23);2*1H4. The number of Topliss-reactive ketones (excluding diaryl/α,β-unsaturated/α-hetero) is 1. The molecule has 1 aromatic heterocycles. The molecule has 0 amide bonds. The zero-order valence-electron chi connectivity index (χ0n) is 29.1. The van der Waals surface area contributed by atoms with Crippen molar-refractivity contribution in [2.24, 2.45) is 0 Å². The minimum Gasteiger partial charge on any atom is -0.383 e. The van der Waals surface area contributed by atoms with Crippen molar-refractivity contribution in [3.05, 3.63) is 137 Å². The first kappa shape index (κ1) is 42.9. The second kappa shape index (κ2) is 16.1. The Bertz CT molecular complexity index is 2540. The molecule has 5 aromatic rings. The number of fused-ring (bicyclic) bond motifs is 4. The van der Waals surface area contributed by atoms with Crippen LogP contribution in [0, 0.1) is 23.3 Å². The zero-order valence-corrected chi connectivity index (χ0v) is 30.7. The second-order valence-corrected chi connectivity index (χ2v) is 16.2. The maximum atomic E-state index is 13.9. The fourth-order valence-corrected chi connectivity index (χ4v) is 9.58. The topological polar surface area (TPSA) is 147 Å². The zero-order chi connectivity index (χ0) is 39.3. The third-order valence-electron chi connectivity index (χ3n) is 8.73. The molecule has 17 heteroatoms. The third kappa shape index (κ3) is 7.81. The van der Waals surface area contributed by atoms with Crippen molar-refractivity contribution in [1.82, 2.24) is 14.9 Å². The summed E-state index contributed by atoms with van der Waals surface area (Å²) in [5.41, 5.74) is 7.37. The molecule has 0 radical (unpaired) electrons. The van der Waals surface area contributed by atoms with Gasteiger partial charge in [-0.1, -0.05) is 14.9 Å². The van der Waals surface area contributed by atoms with Gasteiger partial charge < -0.3 is 10.6 Å². The van der Waals surface area contributed by atoms with Gasteiger partial charge in [0, 0.05) is 48.8 Å². The molecule has 2 unspecified atom stereocenters. The predicted molar refractivity (Wildman–Crippen MR) is 208 cm³/mol. The molecule has 3 heterocycles. The first-order valence-electron chi connectivity index (χ1n) is 16.2. The fourth-order valence-electron chi connectivity index (χ4n) is 6.27. The van der Waals surface area contributed by atoms with E-state index in [1.54, 1.807) is 32.8 Å². The summed E-state index contributed by atoms with van der Waals surface area (Å²) in [4.78, 5) is 22.4. The first-order chi connectivity index (χ1) is 25.4. The van der Waals surface area contributed by atoms with E-state index in [4.69, 9.17) is 5.73 Å². The van der Waals surface area contributed by atoms with Gasteiger partial charge in [-0.3, -0.25) is 13.4 Å². The van der Waals surface area contributed by atoms with Crippen molar-refractivity contribution in [3.8, 4) is 11.3 Å². The van der Waals surface area contributed by atoms with E-state index < -0.39 is 61.2 Å². The highest BCUT2D eigenvalue weighted by atomic mass is 32.2. The van der Waals surface area contributed by atoms with Crippen LogP contribution in [0.1, 0.15) is 50.7 Å². The van der Waals surface area contributed by atoms with E-state index in [9.17, 15) is 39.2 Å². The molecule has 0 saturated heterocycles. The highest BCUT2D eigenvalue weighted by Crippen LogP contribution is 2.46. The molecule has 2 aliphatic heterocycles. The van der Waals surface area contributed by atoms with E-state index in [1.807, 2.05) is 0 Å². The van der Waals surface area contributed by atoms with E-state index in [2.05, 4.69) is 9.97 Å². The average molecular weight is 813 g/mol. The molecular formula is C39H40F4N6O5S2. The van der Waals surface area contributed by atoms with Gasteiger partial charge in [0.25, 0.3) is 20.0 Å². The van der Waals surface area contributed by atoms with Gasteiger partial charge in [-0.2, -0.15) is 0 Å². The van der Waals surface area contributed by atoms with Crippen molar-refractivity contribution in [1.29, 1.82) is 0 Å². The van der Waals surface area contributed by atoms with Crippen LogP contribution in [0.5, 0.6) is 0 Å². The highest BCUT2D eigenvalue weighted by molar-refractivity contribution is 7.93. The Labute approximate surface area is 323 Å². The molecule has 0 aliphatic carbocycles. The predicted octanol–water partition coefficient (Wildman–Crippen LogP) is 7.74. The van der Waals surface area contributed by atoms with Crippen LogP contribution in [-0.2, 0) is 20.0 Å². The van der Waals surface area contributed by atoms with Crippen LogP contribution in [-0.4, -0.2) is 57.6 Å². The SMILES string of the molecule is C.C.CC1C(=CN(C)C)C(=O)c2cc(F)ccc2N1S(=O)(=O)c1ccc(F)cc1.CC1c2cnc(N)nc2-c2cc(F)ccc2N1S(=O)(=O)c1ccc(F)cc1. The average Bonchev–Trinajstić information content (AvgIpc) is 3.11. The summed E-state index contributed by atoms with van der Waals surface area (Å²) in [5.74, 6) is -2.71. The number of nitrogen functional groups attached to an aromatic ring is 1. The van der Waals surface area contributed by atoms with Crippen LogP contribution in [0.15, 0.2) is 113 Å². The molecule has 2 aliphatic rings. The Morgan fingerprint density at radius 1 is 0.679 bits per heavy atom. The highest BCUT2D eigenvalue weighted by Gasteiger charge is 2.41. The lowest BCUT2D eigenvalue weighted by Gasteiger charge is -2.37. The molecular weight excluding hydrogens is 773 g/mol. The molecule has 0 bridgehead atoms. The number of anilines is 3. The number of halogens is 4. The lowest BCUT2D eigenvalue weighted by atomic mass is 9.92. The van der Waals surface area contributed by atoms with E-state index in [0.717, 1.165) is 57.1 Å². The van der Waals surface area contributed by atoms with Gasteiger partial charge in [-0.25, -0.2) is 44.4 Å². The minimum absolute atomic E-state index is 0. The summed E-state index contributed by atoms with van der Waals surface area (Å²) in [6.07, 6.45) is 2.96. The molecule has 2 N–H and O–H groups in total. The van der Waals surface area contributed by atoms with Crippen molar-refractivity contribution in [2.75, 3.05) is 28.4 Å². The number of rotatable bonds is 5. The molecule has 296 valence electrons. The van der Waals surface area contributed by atoms with Crippen molar-refractivity contribution in [2.45, 2.75) is 50.6 Å². The summed E-state index contributed by atoms with van der Waals surface area (Å²) in [7, 11) is -4.76. The van der Waals surface area contributed by atoms with Gasteiger partial charge in [0.15, 0.2) is 5.78 Å². The smallest absolute Gasteiger partial charge is 0.264 e. The van der Waals surface area contributed by atoms with Crippen molar-refractivity contribution < 1.29 is 39.2 Å². The van der Waals surface area contributed by atoms with Crippen LogP contribution < -0.4 is 14.3 Å². The maximum Gasteiger partial charge on any atom is 0.264 e. The number of hydrogen-bond donors (Lipinski definition) is 1. The van der Waals surface area contributed by atoms with E-state index >= 15 is 0 Å². The number of aromatic nitrogens is 2. The Balaban J connectivity index is 0.000000240. The largest absolute Gasteiger partial charge is 0.383 e. The van der Waals surface area contributed by atoms with E-state index in [-0.39, 0.29) is 53.1 Å².